The van der Waals surface area contributed by atoms with Gasteiger partial charge in [0.2, 0.25) is 0 Å². The summed E-state index contributed by atoms with van der Waals surface area (Å²) >= 11 is 5.79. The van der Waals surface area contributed by atoms with E-state index in [9.17, 15) is 18.7 Å². The zero-order valence-corrected chi connectivity index (χ0v) is 23.8. The molecular formula is C29H29ClF2N4O4S. The number of likely N-dealkylation sites (tertiary alicyclic amines) is 1. The van der Waals surface area contributed by atoms with Gasteiger partial charge in [0.05, 0.1) is 35.8 Å². The zero-order valence-electron chi connectivity index (χ0n) is 22.0. The fraction of sp³-hybridized carbons (Fsp3) is 0.345. The average molecular weight is 603 g/mol. The number of pyridine rings is 1. The van der Waals surface area contributed by atoms with E-state index in [1.165, 1.54) is 18.2 Å². The monoisotopic (exact) mass is 602 g/mol. The lowest BCUT2D eigenvalue weighted by Gasteiger charge is -2.28. The first-order valence-electron chi connectivity index (χ1n) is 13.1. The van der Waals surface area contributed by atoms with E-state index in [4.69, 9.17) is 26.1 Å². The number of ether oxygens (including phenoxy) is 2. The molecule has 0 aliphatic carbocycles. The highest BCUT2D eigenvalue weighted by molar-refractivity contribution is 7.59. The number of carboxylic acid groups (broad SMARTS) is 1. The summed E-state index contributed by atoms with van der Waals surface area (Å²) in [5.74, 6) is -1.20. The van der Waals surface area contributed by atoms with E-state index in [1.807, 2.05) is 0 Å². The van der Waals surface area contributed by atoms with Gasteiger partial charge >= 0.3 is 5.97 Å². The Kier molecular flexibility index (Phi) is 8.79. The summed E-state index contributed by atoms with van der Waals surface area (Å²) in [4.78, 5) is 23.2. The molecule has 216 valence electrons. The van der Waals surface area contributed by atoms with Gasteiger partial charge in [0, 0.05) is 29.8 Å². The first-order valence-corrected chi connectivity index (χ1v) is 13.5. The molecule has 0 amide bonds. The van der Waals surface area contributed by atoms with Gasteiger partial charge in [0.1, 0.15) is 23.9 Å². The van der Waals surface area contributed by atoms with Gasteiger partial charge in [0.25, 0.3) is 0 Å². The minimum atomic E-state index is -0.978. The lowest BCUT2D eigenvalue weighted by molar-refractivity contribution is -0.0591. The molecule has 2 aliphatic rings. The Morgan fingerprint density at radius 2 is 1.93 bits per heavy atom. The third kappa shape index (κ3) is 6.33. The standard InChI is InChI=1S/C29H27ClF2N4O4.H2S/c30-19-2-6-27(22(32)12-19)40-16-25-21(31)3-5-23(33-25)18-7-9-35(13-18)15-28-34-24-4-1-17(29(37)38)11-26(24)36(28)14-20-8-10-39-20;/h1-6,11-12,18,20H,7-10,13-16H2,(H,37,38);1H2/t18?,20-;/m0./s1. The van der Waals surface area contributed by atoms with Crippen molar-refractivity contribution in [3.63, 3.8) is 0 Å². The van der Waals surface area contributed by atoms with Crippen LogP contribution in [0, 0.1) is 11.6 Å². The summed E-state index contributed by atoms with van der Waals surface area (Å²) in [6.45, 7) is 3.22. The Morgan fingerprint density at radius 3 is 2.66 bits per heavy atom. The normalized spacial score (nSPS) is 18.7. The number of carbonyl (C=O) groups is 1. The van der Waals surface area contributed by atoms with Crippen LogP contribution in [0.1, 0.15) is 46.3 Å². The summed E-state index contributed by atoms with van der Waals surface area (Å²) in [7, 11) is 0. The van der Waals surface area contributed by atoms with Crippen molar-refractivity contribution in [2.75, 3.05) is 19.7 Å². The predicted molar refractivity (Wildman–Crippen MR) is 154 cm³/mol. The Hall–Kier alpha value is -3.25. The first-order chi connectivity index (χ1) is 19.3. The van der Waals surface area contributed by atoms with E-state index in [-0.39, 0.29) is 54.2 Å². The molecule has 0 spiro atoms. The van der Waals surface area contributed by atoms with E-state index in [2.05, 4.69) is 14.5 Å². The molecule has 8 nitrogen and oxygen atoms in total. The molecule has 0 saturated carbocycles. The van der Waals surface area contributed by atoms with E-state index < -0.39 is 17.6 Å². The topological polar surface area (TPSA) is 89.7 Å². The van der Waals surface area contributed by atoms with Gasteiger partial charge in [-0.3, -0.25) is 9.88 Å². The highest BCUT2D eigenvalue weighted by atomic mass is 35.5. The molecule has 2 aliphatic heterocycles. The van der Waals surface area contributed by atoms with E-state index in [0.717, 1.165) is 54.6 Å². The van der Waals surface area contributed by atoms with Gasteiger partial charge in [-0.05, 0) is 67.9 Å². The summed E-state index contributed by atoms with van der Waals surface area (Å²) < 4.78 is 41.8. The minimum Gasteiger partial charge on any atom is -0.484 e. The van der Waals surface area contributed by atoms with Crippen molar-refractivity contribution >= 4 is 42.1 Å². The van der Waals surface area contributed by atoms with Crippen LogP contribution in [0.2, 0.25) is 5.02 Å². The number of nitrogens with zero attached hydrogens (tertiary/aromatic N) is 4. The molecule has 41 heavy (non-hydrogen) atoms. The lowest BCUT2D eigenvalue weighted by Crippen LogP contribution is -2.32. The summed E-state index contributed by atoms with van der Waals surface area (Å²) in [5.41, 5.74) is 2.61. The Morgan fingerprint density at radius 1 is 1.10 bits per heavy atom. The average Bonchev–Trinajstić information content (AvgIpc) is 3.50. The third-order valence-electron chi connectivity index (χ3n) is 7.51. The van der Waals surface area contributed by atoms with Crippen molar-refractivity contribution in [3.05, 3.63) is 88.0 Å². The number of fused-ring (bicyclic) bond motifs is 1. The van der Waals surface area contributed by atoms with Gasteiger partial charge in [-0.25, -0.2) is 18.6 Å². The number of imidazole rings is 1. The smallest absolute Gasteiger partial charge is 0.335 e. The maximum Gasteiger partial charge on any atom is 0.335 e. The molecule has 12 heteroatoms. The maximum atomic E-state index is 14.5. The van der Waals surface area contributed by atoms with Gasteiger partial charge in [0.15, 0.2) is 11.6 Å². The zero-order chi connectivity index (χ0) is 27.8. The second-order valence-electron chi connectivity index (χ2n) is 10.2. The minimum absolute atomic E-state index is 0. The van der Waals surface area contributed by atoms with E-state index in [1.54, 1.807) is 24.3 Å². The number of halogens is 3. The summed E-state index contributed by atoms with van der Waals surface area (Å²) in [6.07, 6.45) is 1.87. The van der Waals surface area contributed by atoms with Crippen LogP contribution in [0.3, 0.4) is 0 Å². The lowest BCUT2D eigenvalue weighted by atomic mass is 10.0. The van der Waals surface area contributed by atoms with E-state index >= 15 is 0 Å². The quantitative estimate of drug-likeness (QED) is 0.269. The van der Waals surface area contributed by atoms with Gasteiger partial charge < -0.3 is 19.1 Å². The largest absolute Gasteiger partial charge is 0.484 e. The van der Waals surface area contributed by atoms with Gasteiger partial charge in [-0.15, -0.1) is 0 Å². The number of aromatic carboxylic acids is 1. The molecule has 2 atom stereocenters. The SMILES string of the molecule is O=C(O)c1ccc2nc(CN3CCC(c4ccc(F)c(COc5ccc(Cl)cc5F)n4)C3)n(C[C@@H]3CCO3)c2c1.S. The van der Waals surface area contributed by atoms with Crippen molar-refractivity contribution in [1.82, 2.24) is 19.4 Å². The van der Waals surface area contributed by atoms with Crippen LogP contribution in [0.4, 0.5) is 8.78 Å². The summed E-state index contributed by atoms with van der Waals surface area (Å²) in [6, 6.07) is 12.1. The first kappa shape index (κ1) is 29.2. The highest BCUT2D eigenvalue weighted by Gasteiger charge is 2.28. The molecule has 0 bridgehead atoms. The number of benzene rings is 2. The number of hydrogen-bond donors (Lipinski definition) is 1. The van der Waals surface area contributed by atoms with Crippen LogP contribution in [-0.4, -0.2) is 56.3 Å². The number of aromatic nitrogens is 3. The summed E-state index contributed by atoms with van der Waals surface area (Å²) in [5, 5.41) is 9.73. The number of hydrogen-bond acceptors (Lipinski definition) is 6. The molecular weight excluding hydrogens is 574 g/mol. The molecule has 2 aromatic heterocycles. The van der Waals surface area contributed by atoms with Gasteiger partial charge in [-0.2, -0.15) is 13.5 Å². The van der Waals surface area contributed by atoms with Crippen LogP contribution in [0.5, 0.6) is 5.75 Å². The van der Waals surface area contributed by atoms with Crippen LogP contribution in [-0.2, 0) is 24.4 Å². The number of rotatable bonds is 9. The van der Waals surface area contributed by atoms with Crippen LogP contribution >= 0.6 is 25.1 Å². The van der Waals surface area contributed by atoms with Crippen molar-refractivity contribution in [2.24, 2.45) is 0 Å². The molecule has 2 fully saturated rings. The molecule has 1 N–H and O–H groups in total. The second kappa shape index (κ2) is 12.3. The van der Waals surface area contributed by atoms with E-state index in [0.29, 0.717) is 19.6 Å². The maximum absolute atomic E-state index is 14.5. The van der Waals surface area contributed by atoms with Crippen LogP contribution in [0.15, 0.2) is 48.5 Å². The Bertz CT molecular complexity index is 1580. The molecule has 0 radical (unpaired) electrons. The molecule has 2 saturated heterocycles. The van der Waals surface area contributed by atoms with Crippen LogP contribution < -0.4 is 4.74 Å². The highest BCUT2D eigenvalue weighted by Crippen LogP contribution is 2.30. The second-order valence-corrected chi connectivity index (χ2v) is 10.6. The van der Waals surface area contributed by atoms with Crippen molar-refractivity contribution in [2.45, 2.75) is 44.6 Å². The van der Waals surface area contributed by atoms with Crippen molar-refractivity contribution in [1.29, 1.82) is 0 Å². The Balaban J connectivity index is 0.00000337. The third-order valence-corrected chi connectivity index (χ3v) is 7.74. The molecule has 6 rings (SSSR count). The molecule has 4 aromatic rings. The van der Waals surface area contributed by atoms with Crippen molar-refractivity contribution in [3.8, 4) is 5.75 Å². The fourth-order valence-electron chi connectivity index (χ4n) is 5.25. The predicted octanol–water partition coefficient (Wildman–Crippen LogP) is 5.53. The molecule has 2 aromatic carbocycles. The van der Waals surface area contributed by atoms with Crippen LogP contribution in [0.25, 0.3) is 11.0 Å². The van der Waals surface area contributed by atoms with Gasteiger partial charge in [-0.1, -0.05) is 11.6 Å². The molecule has 4 heterocycles. The fourth-order valence-corrected chi connectivity index (χ4v) is 5.41. The number of carboxylic acids is 1. The van der Waals surface area contributed by atoms with Crippen molar-refractivity contribution < 1.29 is 28.2 Å². The Labute approximate surface area is 247 Å². The molecule has 1 unspecified atom stereocenters.